The van der Waals surface area contributed by atoms with Gasteiger partial charge >= 0.3 is 0 Å². The summed E-state index contributed by atoms with van der Waals surface area (Å²) in [5.41, 5.74) is 3.11. The second-order valence-corrected chi connectivity index (χ2v) is 5.55. The molecule has 0 radical (unpaired) electrons. The molecule has 0 fully saturated rings. The number of carbonyl (C=O) groups is 1. The molecule has 0 spiro atoms. The monoisotopic (exact) mass is 289 g/mol. The van der Waals surface area contributed by atoms with Gasteiger partial charge in [-0.05, 0) is 41.8 Å². The van der Waals surface area contributed by atoms with Crippen molar-refractivity contribution >= 4 is 16.7 Å². The Morgan fingerprint density at radius 1 is 0.909 bits per heavy atom. The van der Waals surface area contributed by atoms with Crippen LogP contribution in [0.2, 0.25) is 0 Å². The van der Waals surface area contributed by atoms with Crippen molar-refractivity contribution in [3.63, 3.8) is 0 Å². The number of benzene rings is 3. The highest BCUT2D eigenvalue weighted by molar-refractivity contribution is 5.94. The van der Waals surface area contributed by atoms with E-state index >= 15 is 0 Å². The summed E-state index contributed by atoms with van der Waals surface area (Å²) in [5, 5.41) is 5.46. The molecule has 2 nitrogen and oxygen atoms in total. The summed E-state index contributed by atoms with van der Waals surface area (Å²) in [4.78, 5) is 12.0. The first-order valence-electron chi connectivity index (χ1n) is 7.55. The molecule has 0 aromatic heterocycles. The van der Waals surface area contributed by atoms with Gasteiger partial charge in [0.2, 0.25) is 0 Å². The molecular weight excluding hydrogens is 270 g/mol. The van der Waals surface area contributed by atoms with E-state index in [0.717, 1.165) is 12.0 Å². The van der Waals surface area contributed by atoms with Gasteiger partial charge in [0, 0.05) is 12.1 Å². The van der Waals surface area contributed by atoms with E-state index in [-0.39, 0.29) is 5.91 Å². The summed E-state index contributed by atoms with van der Waals surface area (Å²) in [6.45, 7) is 2.66. The zero-order valence-electron chi connectivity index (χ0n) is 12.7. The molecule has 2 heteroatoms. The molecule has 3 aromatic carbocycles. The second-order valence-electron chi connectivity index (χ2n) is 5.55. The van der Waals surface area contributed by atoms with Crippen LogP contribution in [-0.4, -0.2) is 12.5 Å². The molecule has 3 aromatic rings. The van der Waals surface area contributed by atoms with Gasteiger partial charge in [0.25, 0.3) is 5.91 Å². The third-order valence-corrected chi connectivity index (χ3v) is 3.83. The minimum absolute atomic E-state index is 0.0132. The lowest BCUT2D eigenvalue weighted by Gasteiger charge is -2.07. The van der Waals surface area contributed by atoms with Gasteiger partial charge in [0.15, 0.2) is 0 Å². The van der Waals surface area contributed by atoms with Gasteiger partial charge in [0.1, 0.15) is 0 Å². The SMILES string of the molecule is Cc1ccc(C(=O)NCCc2ccc3ccccc3c2)cc1. The molecular formula is C20H19NO. The molecule has 0 aliphatic rings. The highest BCUT2D eigenvalue weighted by atomic mass is 16.1. The number of fused-ring (bicyclic) bond motifs is 1. The molecule has 3 rings (SSSR count). The van der Waals surface area contributed by atoms with Crippen molar-refractivity contribution in [2.24, 2.45) is 0 Å². The molecule has 22 heavy (non-hydrogen) atoms. The van der Waals surface area contributed by atoms with Crippen LogP contribution < -0.4 is 5.32 Å². The van der Waals surface area contributed by atoms with Gasteiger partial charge in [-0.15, -0.1) is 0 Å². The zero-order chi connectivity index (χ0) is 15.4. The van der Waals surface area contributed by atoms with Crippen LogP contribution in [0.3, 0.4) is 0 Å². The van der Waals surface area contributed by atoms with E-state index in [1.165, 1.54) is 16.3 Å². The van der Waals surface area contributed by atoms with Crippen LogP contribution in [0.4, 0.5) is 0 Å². The second kappa shape index (κ2) is 6.44. The smallest absolute Gasteiger partial charge is 0.251 e. The summed E-state index contributed by atoms with van der Waals surface area (Å²) in [7, 11) is 0. The lowest BCUT2D eigenvalue weighted by Crippen LogP contribution is -2.25. The molecule has 1 amide bonds. The number of aryl methyl sites for hydroxylation is 1. The van der Waals surface area contributed by atoms with E-state index in [1.54, 1.807) is 0 Å². The van der Waals surface area contributed by atoms with Crippen molar-refractivity contribution < 1.29 is 4.79 Å². The van der Waals surface area contributed by atoms with Crippen LogP contribution >= 0.6 is 0 Å². The number of rotatable bonds is 4. The van der Waals surface area contributed by atoms with E-state index in [4.69, 9.17) is 0 Å². The molecule has 0 bridgehead atoms. The summed E-state index contributed by atoms with van der Waals surface area (Å²) < 4.78 is 0. The molecule has 0 saturated carbocycles. The van der Waals surface area contributed by atoms with Crippen molar-refractivity contribution in [1.82, 2.24) is 5.32 Å². The van der Waals surface area contributed by atoms with E-state index in [0.29, 0.717) is 12.1 Å². The third-order valence-electron chi connectivity index (χ3n) is 3.83. The normalized spacial score (nSPS) is 10.6. The standard InChI is InChI=1S/C20H19NO/c1-15-6-9-18(10-7-15)20(22)21-13-12-16-8-11-17-4-2-3-5-19(17)14-16/h2-11,14H,12-13H2,1H3,(H,21,22). The number of amides is 1. The Bertz CT molecular complexity index is 790. The minimum atomic E-state index is -0.0132. The fourth-order valence-corrected chi connectivity index (χ4v) is 2.52. The molecule has 0 atom stereocenters. The average molecular weight is 289 g/mol. The maximum atomic E-state index is 12.0. The van der Waals surface area contributed by atoms with Crippen LogP contribution in [0.25, 0.3) is 10.8 Å². The van der Waals surface area contributed by atoms with Crippen molar-refractivity contribution in [3.05, 3.63) is 83.4 Å². The quantitative estimate of drug-likeness (QED) is 0.769. The topological polar surface area (TPSA) is 29.1 Å². The van der Waals surface area contributed by atoms with Gasteiger partial charge in [-0.2, -0.15) is 0 Å². The Kier molecular flexibility index (Phi) is 4.19. The molecule has 0 aliphatic heterocycles. The van der Waals surface area contributed by atoms with Crippen LogP contribution in [0.5, 0.6) is 0 Å². The van der Waals surface area contributed by atoms with Gasteiger partial charge in [-0.3, -0.25) is 4.79 Å². The van der Waals surface area contributed by atoms with Crippen LogP contribution in [0.1, 0.15) is 21.5 Å². The van der Waals surface area contributed by atoms with Crippen molar-refractivity contribution in [2.75, 3.05) is 6.54 Å². The first kappa shape index (κ1) is 14.3. The number of hydrogen-bond acceptors (Lipinski definition) is 1. The predicted octanol–water partition coefficient (Wildman–Crippen LogP) is 4.12. The molecule has 110 valence electrons. The fraction of sp³-hybridized carbons (Fsp3) is 0.150. The molecule has 0 saturated heterocycles. The third kappa shape index (κ3) is 3.34. The summed E-state index contributed by atoms with van der Waals surface area (Å²) >= 11 is 0. The first-order chi connectivity index (χ1) is 10.7. The Balaban J connectivity index is 1.59. The van der Waals surface area contributed by atoms with Crippen LogP contribution in [-0.2, 0) is 6.42 Å². The molecule has 0 heterocycles. The predicted molar refractivity (Wildman–Crippen MR) is 91.2 cm³/mol. The molecule has 0 unspecified atom stereocenters. The average Bonchev–Trinajstić information content (AvgIpc) is 2.55. The Labute approximate surface area is 130 Å². The fourth-order valence-electron chi connectivity index (χ4n) is 2.52. The van der Waals surface area contributed by atoms with Gasteiger partial charge in [-0.25, -0.2) is 0 Å². The van der Waals surface area contributed by atoms with E-state index in [9.17, 15) is 4.79 Å². The first-order valence-corrected chi connectivity index (χ1v) is 7.55. The maximum absolute atomic E-state index is 12.0. The van der Waals surface area contributed by atoms with Gasteiger partial charge < -0.3 is 5.32 Å². The van der Waals surface area contributed by atoms with Crippen molar-refractivity contribution in [1.29, 1.82) is 0 Å². The van der Waals surface area contributed by atoms with Gasteiger partial charge in [-0.1, -0.05) is 60.2 Å². The highest BCUT2D eigenvalue weighted by Gasteiger charge is 2.04. The summed E-state index contributed by atoms with van der Waals surface area (Å²) in [6, 6.07) is 22.4. The van der Waals surface area contributed by atoms with Crippen LogP contribution in [0, 0.1) is 6.92 Å². The Hall–Kier alpha value is -2.61. The lowest BCUT2D eigenvalue weighted by molar-refractivity contribution is 0.0954. The van der Waals surface area contributed by atoms with Crippen molar-refractivity contribution in [3.8, 4) is 0 Å². The van der Waals surface area contributed by atoms with E-state index in [1.807, 2.05) is 43.3 Å². The molecule has 0 aliphatic carbocycles. The largest absolute Gasteiger partial charge is 0.352 e. The number of hydrogen-bond donors (Lipinski definition) is 1. The van der Waals surface area contributed by atoms with E-state index in [2.05, 4.69) is 35.6 Å². The number of nitrogens with one attached hydrogen (secondary N) is 1. The maximum Gasteiger partial charge on any atom is 0.251 e. The number of carbonyl (C=O) groups excluding carboxylic acids is 1. The Morgan fingerprint density at radius 3 is 2.41 bits per heavy atom. The van der Waals surface area contributed by atoms with Gasteiger partial charge in [0.05, 0.1) is 0 Å². The zero-order valence-corrected chi connectivity index (χ0v) is 12.7. The highest BCUT2D eigenvalue weighted by Crippen LogP contribution is 2.15. The summed E-state index contributed by atoms with van der Waals surface area (Å²) in [6.07, 6.45) is 0.836. The van der Waals surface area contributed by atoms with Crippen molar-refractivity contribution in [2.45, 2.75) is 13.3 Å². The summed E-state index contributed by atoms with van der Waals surface area (Å²) in [5.74, 6) is -0.0132. The lowest BCUT2D eigenvalue weighted by atomic mass is 10.1. The van der Waals surface area contributed by atoms with Crippen LogP contribution in [0.15, 0.2) is 66.7 Å². The minimum Gasteiger partial charge on any atom is -0.352 e. The van der Waals surface area contributed by atoms with E-state index < -0.39 is 0 Å². The Morgan fingerprint density at radius 2 is 1.64 bits per heavy atom. The molecule has 1 N–H and O–H groups in total.